The molecule has 1 N–H and O–H groups in total. The lowest BCUT2D eigenvalue weighted by Gasteiger charge is -2.18. The summed E-state index contributed by atoms with van der Waals surface area (Å²) in [5.74, 6) is 0. The van der Waals surface area contributed by atoms with Crippen molar-refractivity contribution in [3.8, 4) is 0 Å². The molecule has 1 atom stereocenters. The summed E-state index contributed by atoms with van der Waals surface area (Å²) in [5, 5.41) is 3.67. The first-order valence-corrected chi connectivity index (χ1v) is 9.49. The summed E-state index contributed by atoms with van der Waals surface area (Å²) in [6.45, 7) is 7.62. The quantitative estimate of drug-likeness (QED) is 0.619. The highest BCUT2D eigenvalue weighted by Crippen LogP contribution is 2.40. The van der Waals surface area contributed by atoms with Crippen molar-refractivity contribution in [2.45, 2.75) is 33.2 Å². The number of hydrogen-bond acceptors (Lipinski definition) is 3. The topological polar surface area (TPSA) is 12.0 Å². The third-order valence-corrected chi connectivity index (χ3v) is 6.35. The predicted octanol–water partition coefficient (Wildman–Crippen LogP) is 6.04. The zero-order chi connectivity index (χ0) is 14.0. The minimum atomic E-state index is 0.279. The van der Waals surface area contributed by atoms with Crippen LogP contribution in [0.3, 0.4) is 0 Å². The summed E-state index contributed by atoms with van der Waals surface area (Å²) >= 11 is 10.9. The van der Waals surface area contributed by atoms with Gasteiger partial charge in [0, 0.05) is 9.75 Å². The Labute approximate surface area is 139 Å². The van der Waals surface area contributed by atoms with E-state index in [2.05, 4.69) is 70.1 Å². The molecule has 0 spiro atoms. The van der Waals surface area contributed by atoms with Gasteiger partial charge in [-0.1, -0.05) is 6.92 Å². The minimum Gasteiger partial charge on any atom is -0.306 e. The van der Waals surface area contributed by atoms with Crippen molar-refractivity contribution in [3.63, 3.8) is 0 Å². The maximum absolute atomic E-state index is 3.69. The zero-order valence-electron chi connectivity index (χ0n) is 11.2. The van der Waals surface area contributed by atoms with Crippen LogP contribution in [0.5, 0.6) is 0 Å². The van der Waals surface area contributed by atoms with Gasteiger partial charge in [0.25, 0.3) is 0 Å². The van der Waals surface area contributed by atoms with Crippen molar-refractivity contribution < 1.29 is 0 Å². The van der Waals surface area contributed by atoms with E-state index in [1.165, 1.54) is 28.5 Å². The summed E-state index contributed by atoms with van der Waals surface area (Å²) < 4.78 is 2.37. The molecule has 0 saturated carbocycles. The molecule has 0 bridgehead atoms. The summed E-state index contributed by atoms with van der Waals surface area (Å²) in [6, 6.07) is 4.81. The minimum absolute atomic E-state index is 0.279. The molecule has 104 valence electrons. The number of aryl methyl sites for hydroxylation is 2. The predicted molar refractivity (Wildman–Crippen MR) is 93.6 cm³/mol. The van der Waals surface area contributed by atoms with Gasteiger partial charge in [0.05, 0.1) is 13.6 Å². The van der Waals surface area contributed by atoms with Crippen LogP contribution in [0.2, 0.25) is 0 Å². The molecule has 0 aliphatic carbocycles. The van der Waals surface area contributed by atoms with Gasteiger partial charge < -0.3 is 5.32 Å². The van der Waals surface area contributed by atoms with Gasteiger partial charge in [-0.2, -0.15) is 0 Å². The number of halogens is 2. The highest BCUT2D eigenvalue weighted by molar-refractivity contribution is 9.12. The Balaban J connectivity index is 2.41. The lowest BCUT2D eigenvalue weighted by molar-refractivity contribution is 0.598. The van der Waals surface area contributed by atoms with Crippen LogP contribution in [0.15, 0.2) is 19.7 Å². The molecule has 0 aliphatic heterocycles. The molecule has 1 nitrogen and oxygen atoms in total. The van der Waals surface area contributed by atoms with Crippen LogP contribution in [-0.2, 0) is 0 Å². The lowest BCUT2D eigenvalue weighted by Crippen LogP contribution is -2.23. The Hall–Kier alpha value is 0.320. The van der Waals surface area contributed by atoms with Crippen molar-refractivity contribution in [3.05, 3.63) is 40.6 Å². The number of thiophene rings is 2. The first kappa shape index (κ1) is 15.7. The monoisotopic (exact) mass is 421 g/mol. The molecule has 19 heavy (non-hydrogen) atoms. The molecule has 2 aromatic heterocycles. The second-order valence-electron chi connectivity index (χ2n) is 4.54. The average molecular weight is 423 g/mol. The molecule has 0 saturated heterocycles. The fraction of sp³-hybridized carbons (Fsp3) is 0.429. The first-order valence-electron chi connectivity index (χ1n) is 6.28. The van der Waals surface area contributed by atoms with Crippen molar-refractivity contribution in [1.29, 1.82) is 0 Å². The highest BCUT2D eigenvalue weighted by Gasteiger charge is 2.21. The van der Waals surface area contributed by atoms with Gasteiger partial charge in [0.2, 0.25) is 0 Å². The van der Waals surface area contributed by atoms with Crippen LogP contribution < -0.4 is 5.32 Å². The maximum atomic E-state index is 3.69. The average Bonchev–Trinajstić information content (AvgIpc) is 2.83. The van der Waals surface area contributed by atoms with E-state index in [-0.39, 0.29) is 6.04 Å². The van der Waals surface area contributed by atoms with E-state index in [1.807, 2.05) is 11.3 Å². The molecule has 5 heteroatoms. The third-order valence-electron chi connectivity index (χ3n) is 2.98. The Morgan fingerprint density at radius 3 is 2.37 bits per heavy atom. The Morgan fingerprint density at radius 2 is 1.89 bits per heavy atom. The van der Waals surface area contributed by atoms with Crippen molar-refractivity contribution in [1.82, 2.24) is 5.32 Å². The Morgan fingerprint density at radius 1 is 1.16 bits per heavy atom. The normalized spacial score (nSPS) is 12.9. The number of nitrogens with one attached hydrogen (secondary N) is 1. The summed E-state index contributed by atoms with van der Waals surface area (Å²) in [5.41, 5.74) is 2.73. The van der Waals surface area contributed by atoms with E-state index in [0.717, 1.165) is 13.0 Å². The molecule has 0 aromatic carbocycles. The van der Waals surface area contributed by atoms with E-state index in [1.54, 1.807) is 11.3 Å². The van der Waals surface area contributed by atoms with E-state index in [9.17, 15) is 0 Å². The van der Waals surface area contributed by atoms with Gasteiger partial charge in [0.1, 0.15) is 0 Å². The van der Waals surface area contributed by atoms with Crippen LogP contribution in [0.25, 0.3) is 0 Å². The van der Waals surface area contributed by atoms with Crippen LogP contribution in [0.1, 0.15) is 40.3 Å². The molecule has 1 unspecified atom stereocenters. The molecular formula is C14H17Br2NS2. The number of rotatable bonds is 5. The van der Waals surface area contributed by atoms with Crippen LogP contribution in [0, 0.1) is 13.8 Å². The standard InChI is InChI=1S/C14H17Br2NS2/c1-4-5-17-13(10-6-8(2)18-9(10)3)11-7-12(15)19-14(11)16/h6-7,13,17H,4-5H2,1-3H3. The fourth-order valence-electron chi connectivity index (χ4n) is 2.16. The smallest absolute Gasteiger partial charge is 0.0761 e. The molecule has 0 radical (unpaired) electrons. The maximum Gasteiger partial charge on any atom is 0.0761 e. The molecule has 2 aromatic rings. The highest BCUT2D eigenvalue weighted by atomic mass is 79.9. The van der Waals surface area contributed by atoms with E-state index in [4.69, 9.17) is 0 Å². The Kier molecular flexibility index (Phi) is 5.66. The zero-order valence-corrected chi connectivity index (χ0v) is 16.0. The fourth-order valence-corrected chi connectivity index (χ4v) is 6.03. The van der Waals surface area contributed by atoms with E-state index in [0.29, 0.717) is 0 Å². The Bertz CT molecular complexity index is 514. The van der Waals surface area contributed by atoms with E-state index >= 15 is 0 Å². The van der Waals surface area contributed by atoms with Crippen molar-refractivity contribution in [2.75, 3.05) is 6.54 Å². The van der Waals surface area contributed by atoms with Crippen LogP contribution >= 0.6 is 54.5 Å². The van der Waals surface area contributed by atoms with Crippen molar-refractivity contribution >= 4 is 54.5 Å². The van der Waals surface area contributed by atoms with Gasteiger partial charge in [-0.15, -0.1) is 22.7 Å². The van der Waals surface area contributed by atoms with Gasteiger partial charge in [-0.3, -0.25) is 0 Å². The lowest BCUT2D eigenvalue weighted by atomic mass is 10.0. The third kappa shape index (κ3) is 3.70. The summed E-state index contributed by atoms with van der Waals surface area (Å²) in [4.78, 5) is 2.78. The van der Waals surface area contributed by atoms with Gasteiger partial charge >= 0.3 is 0 Å². The molecular weight excluding hydrogens is 406 g/mol. The largest absolute Gasteiger partial charge is 0.306 e. The van der Waals surface area contributed by atoms with Crippen molar-refractivity contribution in [2.24, 2.45) is 0 Å². The summed E-state index contributed by atoms with van der Waals surface area (Å²) in [7, 11) is 0. The second-order valence-corrected chi connectivity index (χ2v) is 9.75. The van der Waals surface area contributed by atoms with Gasteiger partial charge in [0.15, 0.2) is 0 Å². The second kappa shape index (κ2) is 6.85. The van der Waals surface area contributed by atoms with E-state index < -0.39 is 0 Å². The molecule has 0 aliphatic rings. The molecule has 2 heterocycles. The van der Waals surface area contributed by atoms with Crippen LogP contribution in [-0.4, -0.2) is 6.54 Å². The molecule has 2 rings (SSSR count). The van der Waals surface area contributed by atoms with Gasteiger partial charge in [-0.25, -0.2) is 0 Å². The summed E-state index contributed by atoms with van der Waals surface area (Å²) in [6.07, 6.45) is 1.14. The SMILES string of the molecule is CCCNC(c1cc(C)sc1C)c1cc(Br)sc1Br. The molecule has 0 fully saturated rings. The van der Waals surface area contributed by atoms with Crippen LogP contribution in [0.4, 0.5) is 0 Å². The van der Waals surface area contributed by atoms with Gasteiger partial charge in [-0.05, 0) is 81.9 Å². The first-order chi connectivity index (χ1) is 9.02. The molecule has 0 amide bonds. The number of hydrogen-bond donors (Lipinski definition) is 1.